The van der Waals surface area contributed by atoms with Gasteiger partial charge in [-0.1, -0.05) is 48.5 Å². The van der Waals surface area contributed by atoms with Crippen LogP contribution >= 0.6 is 0 Å². The summed E-state index contributed by atoms with van der Waals surface area (Å²) in [5.41, 5.74) is 3.27. The van der Waals surface area contributed by atoms with Gasteiger partial charge in [-0.3, -0.25) is 4.79 Å². The van der Waals surface area contributed by atoms with Gasteiger partial charge in [-0.05, 0) is 31.5 Å². The zero-order valence-corrected chi connectivity index (χ0v) is 12.3. The van der Waals surface area contributed by atoms with Gasteiger partial charge >= 0.3 is 0 Å². The van der Waals surface area contributed by atoms with Gasteiger partial charge < -0.3 is 10.2 Å². The van der Waals surface area contributed by atoms with E-state index < -0.39 is 0 Å². The lowest BCUT2D eigenvalue weighted by Crippen LogP contribution is -2.49. The molecule has 1 amide bonds. The number of benzene rings is 2. The van der Waals surface area contributed by atoms with E-state index in [2.05, 4.69) is 23.5 Å². The summed E-state index contributed by atoms with van der Waals surface area (Å²) in [4.78, 5) is 14.5. The summed E-state index contributed by atoms with van der Waals surface area (Å²) in [6.07, 6.45) is 1.94. The van der Waals surface area contributed by atoms with Gasteiger partial charge in [-0.25, -0.2) is 0 Å². The van der Waals surface area contributed by atoms with E-state index in [1.807, 2.05) is 48.3 Å². The molecule has 1 saturated heterocycles. The average Bonchev–Trinajstić information content (AvgIpc) is 2.56. The van der Waals surface area contributed by atoms with Crippen LogP contribution in [-0.4, -0.2) is 25.5 Å². The fourth-order valence-electron chi connectivity index (χ4n) is 2.95. The minimum atomic E-state index is -0.0671. The smallest absolute Gasteiger partial charge is 0.244 e. The fourth-order valence-corrected chi connectivity index (χ4v) is 2.95. The van der Waals surface area contributed by atoms with Gasteiger partial charge in [0.15, 0.2) is 0 Å². The summed E-state index contributed by atoms with van der Waals surface area (Å²) < 4.78 is 0. The Morgan fingerprint density at radius 3 is 2.52 bits per heavy atom. The van der Waals surface area contributed by atoms with Crippen LogP contribution in [-0.2, 0) is 4.79 Å². The SMILES string of the molecule is CNC1CCCN(c2ccccc2-c2ccccc2)C1=O. The van der Waals surface area contributed by atoms with Crippen molar-refractivity contribution < 1.29 is 4.79 Å². The molecule has 1 unspecified atom stereocenters. The van der Waals surface area contributed by atoms with Gasteiger partial charge in [0.2, 0.25) is 5.91 Å². The van der Waals surface area contributed by atoms with Crippen molar-refractivity contribution in [3.8, 4) is 11.1 Å². The lowest BCUT2D eigenvalue weighted by atomic mass is 9.99. The van der Waals surface area contributed by atoms with Gasteiger partial charge in [0.25, 0.3) is 0 Å². The summed E-state index contributed by atoms with van der Waals surface area (Å²) in [6.45, 7) is 0.793. The number of likely N-dealkylation sites (N-methyl/N-ethyl adjacent to an activating group) is 1. The molecule has 108 valence electrons. The van der Waals surface area contributed by atoms with Crippen LogP contribution in [0.1, 0.15) is 12.8 Å². The molecule has 1 aliphatic heterocycles. The lowest BCUT2D eigenvalue weighted by Gasteiger charge is -2.33. The maximum Gasteiger partial charge on any atom is 0.244 e. The van der Waals surface area contributed by atoms with Crippen LogP contribution in [0.4, 0.5) is 5.69 Å². The van der Waals surface area contributed by atoms with E-state index in [-0.39, 0.29) is 11.9 Å². The van der Waals surface area contributed by atoms with Crippen molar-refractivity contribution in [2.75, 3.05) is 18.5 Å². The highest BCUT2D eigenvalue weighted by molar-refractivity contribution is 6.01. The Morgan fingerprint density at radius 2 is 1.76 bits per heavy atom. The van der Waals surface area contributed by atoms with Crippen molar-refractivity contribution in [2.45, 2.75) is 18.9 Å². The molecule has 3 rings (SSSR count). The topological polar surface area (TPSA) is 32.3 Å². The summed E-state index contributed by atoms with van der Waals surface area (Å²) in [7, 11) is 1.86. The number of amides is 1. The highest BCUT2D eigenvalue weighted by atomic mass is 16.2. The fraction of sp³-hybridized carbons (Fsp3) is 0.278. The second-order valence-corrected chi connectivity index (χ2v) is 5.36. The lowest BCUT2D eigenvalue weighted by molar-refractivity contribution is -0.121. The number of anilines is 1. The van der Waals surface area contributed by atoms with Gasteiger partial charge in [-0.15, -0.1) is 0 Å². The number of para-hydroxylation sites is 1. The Hall–Kier alpha value is -2.13. The first-order chi connectivity index (χ1) is 10.3. The molecule has 0 aromatic heterocycles. The molecule has 1 aliphatic rings. The molecule has 21 heavy (non-hydrogen) atoms. The van der Waals surface area contributed by atoms with Crippen LogP contribution in [0, 0.1) is 0 Å². The van der Waals surface area contributed by atoms with Gasteiger partial charge in [-0.2, -0.15) is 0 Å². The summed E-state index contributed by atoms with van der Waals surface area (Å²) in [6, 6.07) is 18.3. The second kappa shape index (κ2) is 6.10. The zero-order chi connectivity index (χ0) is 14.7. The number of carbonyl (C=O) groups is 1. The third kappa shape index (κ3) is 2.69. The monoisotopic (exact) mass is 280 g/mol. The minimum absolute atomic E-state index is 0.0671. The molecule has 0 radical (unpaired) electrons. The van der Waals surface area contributed by atoms with Crippen LogP contribution in [0.2, 0.25) is 0 Å². The molecule has 0 saturated carbocycles. The molecule has 0 bridgehead atoms. The normalized spacial score (nSPS) is 18.8. The molecule has 1 fully saturated rings. The molecular formula is C18H20N2O. The van der Waals surface area contributed by atoms with Crippen LogP contribution in [0.3, 0.4) is 0 Å². The van der Waals surface area contributed by atoms with Crippen LogP contribution in [0.25, 0.3) is 11.1 Å². The van der Waals surface area contributed by atoms with E-state index >= 15 is 0 Å². The highest BCUT2D eigenvalue weighted by Gasteiger charge is 2.29. The number of carbonyl (C=O) groups excluding carboxylic acids is 1. The summed E-state index contributed by atoms with van der Waals surface area (Å²) in [5, 5.41) is 3.12. The van der Waals surface area contributed by atoms with Crippen molar-refractivity contribution in [1.82, 2.24) is 5.32 Å². The predicted octanol–water partition coefficient (Wildman–Crippen LogP) is 3.07. The van der Waals surface area contributed by atoms with Gasteiger partial charge in [0.05, 0.1) is 11.7 Å². The predicted molar refractivity (Wildman–Crippen MR) is 86.3 cm³/mol. The molecule has 0 spiro atoms. The molecular weight excluding hydrogens is 260 g/mol. The molecule has 1 heterocycles. The second-order valence-electron chi connectivity index (χ2n) is 5.36. The zero-order valence-electron chi connectivity index (χ0n) is 12.3. The maximum atomic E-state index is 12.6. The molecule has 3 nitrogen and oxygen atoms in total. The van der Waals surface area contributed by atoms with E-state index in [4.69, 9.17) is 0 Å². The minimum Gasteiger partial charge on any atom is -0.310 e. The molecule has 0 aliphatic carbocycles. The molecule has 1 atom stereocenters. The van der Waals surface area contributed by atoms with Crippen molar-refractivity contribution in [1.29, 1.82) is 0 Å². The Morgan fingerprint density at radius 1 is 1.05 bits per heavy atom. The quantitative estimate of drug-likeness (QED) is 0.937. The molecule has 3 heteroatoms. The van der Waals surface area contributed by atoms with Gasteiger partial charge in [0, 0.05) is 12.1 Å². The van der Waals surface area contributed by atoms with Crippen molar-refractivity contribution in [2.24, 2.45) is 0 Å². The van der Waals surface area contributed by atoms with Crippen molar-refractivity contribution in [3.05, 3.63) is 54.6 Å². The Kier molecular flexibility index (Phi) is 4.02. The average molecular weight is 280 g/mol. The van der Waals surface area contributed by atoms with E-state index in [0.29, 0.717) is 0 Å². The van der Waals surface area contributed by atoms with E-state index in [1.54, 1.807) is 0 Å². The van der Waals surface area contributed by atoms with E-state index in [9.17, 15) is 4.79 Å². The Labute approximate surface area is 125 Å². The van der Waals surface area contributed by atoms with Gasteiger partial charge in [0.1, 0.15) is 0 Å². The Balaban J connectivity index is 2.01. The molecule has 2 aromatic rings. The Bertz CT molecular complexity index is 624. The standard InChI is InChI=1S/C18H20N2O/c1-19-16-11-7-13-20(18(16)21)17-12-6-5-10-15(17)14-8-3-2-4-9-14/h2-6,8-10,12,16,19H,7,11,13H2,1H3. The summed E-state index contributed by atoms with van der Waals surface area (Å²) >= 11 is 0. The first-order valence-electron chi connectivity index (χ1n) is 7.44. The van der Waals surface area contributed by atoms with E-state index in [1.165, 1.54) is 0 Å². The van der Waals surface area contributed by atoms with E-state index in [0.717, 1.165) is 36.2 Å². The highest BCUT2D eigenvalue weighted by Crippen LogP contribution is 2.32. The van der Waals surface area contributed by atoms with Crippen molar-refractivity contribution >= 4 is 11.6 Å². The third-order valence-electron chi connectivity index (χ3n) is 4.07. The largest absolute Gasteiger partial charge is 0.310 e. The van der Waals surface area contributed by atoms with Crippen LogP contribution in [0.5, 0.6) is 0 Å². The first kappa shape index (κ1) is 13.8. The number of nitrogens with one attached hydrogen (secondary N) is 1. The van der Waals surface area contributed by atoms with Crippen LogP contribution in [0.15, 0.2) is 54.6 Å². The number of hydrogen-bond acceptors (Lipinski definition) is 2. The number of nitrogens with zero attached hydrogens (tertiary/aromatic N) is 1. The molecule has 2 aromatic carbocycles. The number of rotatable bonds is 3. The summed E-state index contributed by atoms with van der Waals surface area (Å²) in [5.74, 6) is 0.173. The molecule has 1 N–H and O–H groups in total. The van der Waals surface area contributed by atoms with Crippen LogP contribution < -0.4 is 10.2 Å². The first-order valence-corrected chi connectivity index (χ1v) is 7.44. The number of piperidine rings is 1. The van der Waals surface area contributed by atoms with Crippen molar-refractivity contribution in [3.63, 3.8) is 0 Å². The third-order valence-corrected chi connectivity index (χ3v) is 4.07. The number of hydrogen-bond donors (Lipinski definition) is 1. The maximum absolute atomic E-state index is 12.6.